The first-order valence-electron chi connectivity index (χ1n) is 9.19. The molecule has 6 heteroatoms. The lowest BCUT2D eigenvalue weighted by Crippen LogP contribution is -2.23. The molecule has 0 radical (unpaired) electrons. The number of rotatable bonds is 5. The molecule has 0 aliphatic rings. The fourth-order valence-electron chi connectivity index (χ4n) is 3.19. The maximum Gasteiger partial charge on any atom is 0.251 e. The molecule has 136 valence electrons. The number of nitrogens with zero attached hydrogens (tertiary/aromatic N) is 3. The Morgan fingerprint density at radius 1 is 0.926 bits per heavy atom. The van der Waals surface area contributed by atoms with Crippen LogP contribution in [0, 0.1) is 0 Å². The summed E-state index contributed by atoms with van der Waals surface area (Å²) in [5.41, 5.74) is 6.00. The number of carbonyl (C=O) groups is 1. The molecular formula is C21H21N5O. The molecule has 2 N–H and O–H groups in total. The Morgan fingerprint density at radius 2 is 1.67 bits per heavy atom. The van der Waals surface area contributed by atoms with Crippen LogP contribution >= 0.6 is 0 Å². The maximum absolute atomic E-state index is 12.6. The quantitative estimate of drug-likeness (QED) is 0.571. The average Bonchev–Trinajstić information content (AvgIpc) is 3.13. The van der Waals surface area contributed by atoms with Gasteiger partial charge in [-0.05, 0) is 43.2 Å². The minimum Gasteiger partial charge on any atom is -0.345 e. The molecule has 4 aromatic rings. The van der Waals surface area contributed by atoms with Gasteiger partial charge in [-0.25, -0.2) is 15.0 Å². The van der Waals surface area contributed by atoms with E-state index < -0.39 is 0 Å². The molecule has 0 fully saturated rings. The van der Waals surface area contributed by atoms with E-state index in [-0.39, 0.29) is 5.91 Å². The highest BCUT2D eigenvalue weighted by Crippen LogP contribution is 2.16. The van der Waals surface area contributed by atoms with E-state index in [1.54, 1.807) is 12.1 Å². The summed E-state index contributed by atoms with van der Waals surface area (Å²) in [6.07, 6.45) is 1.68. The number of amides is 1. The normalized spacial score (nSPS) is 11.2. The number of aromatic amines is 1. The second-order valence-electron chi connectivity index (χ2n) is 6.41. The van der Waals surface area contributed by atoms with Crippen molar-refractivity contribution >= 4 is 28.0 Å². The summed E-state index contributed by atoms with van der Waals surface area (Å²) in [5.74, 6) is 0.572. The standard InChI is InChI=1S/C21H21N5O/c1-3-14-15(4-2)24-19-11-13(9-10-18(19)23-14)21(27)22-12-20-25-16-7-5-6-8-17(16)26-20/h5-11H,3-4,12H2,1-2H3,(H,22,27)(H,25,26). The highest BCUT2D eigenvalue weighted by Gasteiger charge is 2.11. The van der Waals surface area contributed by atoms with Gasteiger partial charge in [0.2, 0.25) is 0 Å². The molecule has 2 heterocycles. The van der Waals surface area contributed by atoms with Crippen molar-refractivity contribution in [1.29, 1.82) is 0 Å². The van der Waals surface area contributed by atoms with Gasteiger partial charge in [-0.2, -0.15) is 0 Å². The molecule has 0 aliphatic carbocycles. The van der Waals surface area contributed by atoms with Crippen molar-refractivity contribution in [1.82, 2.24) is 25.3 Å². The van der Waals surface area contributed by atoms with E-state index in [4.69, 9.17) is 4.98 Å². The summed E-state index contributed by atoms with van der Waals surface area (Å²) >= 11 is 0. The molecule has 0 unspecified atom stereocenters. The molecule has 4 rings (SSSR count). The van der Waals surface area contributed by atoms with Crippen LogP contribution in [0.15, 0.2) is 42.5 Å². The van der Waals surface area contributed by atoms with Crippen molar-refractivity contribution < 1.29 is 4.79 Å². The van der Waals surface area contributed by atoms with Crippen LogP contribution in [0.25, 0.3) is 22.1 Å². The Bertz CT molecular complexity index is 1100. The van der Waals surface area contributed by atoms with Crippen LogP contribution in [-0.2, 0) is 19.4 Å². The molecule has 0 aliphatic heterocycles. The first-order chi connectivity index (χ1) is 13.2. The number of benzene rings is 2. The smallest absolute Gasteiger partial charge is 0.251 e. The molecule has 6 nitrogen and oxygen atoms in total. The van der Waals surface area contributed by atoms with E-state index in [1.165, 1.54) is 0 Å². The SMILES string of the molecule is CCc1nc2ccc(C(=O)NCc3nc4ccccc4[nH]3)cc2nc1CC. The fourth-order valence-corrected chi connectivity index (χ4v) is 3.19. The van der Waals surface area contributed by atoms with Gasteiger partial charge in [0.05, 0.1) is 40.0 Å². The molecule has 27 heavy (non-hydrogen) atoms. The van der Waals surface area contributed by atoms with Gasteiger partial charge in [0.1, 0.15) is 5.82 Å². The van der Waals surface area contributed by atoms with Crippen molar-refractivity contribution in [2.75, 3.05) is 0 Å². The molecule has 0 bridgehead atoms. The van der Waals surface area contributed by atoms with Gasteiger partial charge >= 0.3 is 0 Å². The van der Waals surface area contributed by atoms with Crippen molar-refractivity contribution in [3.05, 3.63) is 65.2 Å². The largest absolute Gasteiger partial charge is 0.345 e. The monoisotopic (exact) mass is 359 g/mol. The van der Waals surface area contributed by atoms with Crippen molar-refractivity contribution in [3.63, 3.8) is 0 Å². The average molecular weight is 359 g/mol. The summed E-state index contributed by atoms with van der Waals surface area (Å²) in [7, 11) is 0. The van der Waals surface area contributed by atoms with E-state index in [9.17, 15) is 4.79 Å². The van der Waals surface area contributed by atoms with Gasteiger partial charge in [-0.3, -0.25) is 4.79 Å². The number of H-pyrrole nitrogens is 1. The number of para-hydroxylation sites is 2. The maximum atomic E-state index is 12.6. The topological polar surface area (TPSA) is 83.6 Å². The van der Waals surface area contributed by atoms with Gasteiger partial charge in [-0.15, -0.1) is 0 Å². The molecule has 2 aromatic heterocycles. The Morgan fingerprint density at radius 3 is 2.41 bits per heavy atom. The van der Waals surface area contributed by atoms with Crippen LogP contribution in [0.3, 0.4) is 0 Å². The lowest BCUT2D eigenvalue weighted by atomic mass is 10.1. The number of hydrogen-bond donors (Lipinski definition) is 2. The Hall–Kier alpha value is -3.28. The number of hydrogen-bond acceptors (Lipinski definition) is 4. The van der Waals surface area contributed by atoms with Gasteiger partial charge in [0.15, 0.2) is 0 Å². The minimum atomic E-state index is -0.156. The highest BCUT2D eigenvalue weighted by molar-refractivity contribution is 5.97. The predicted octanol–water partition coefficient (Wildman–Crippen LogP) is 3.56. The number of nitrogens with one attached hydrogen (secondary N) is 2. The second-order valence-corrected chi connectivity index (χ2v) is 6.41. The molecule has 1 amide bonds. The third-order valence-corrected chi connectivity index (χ3v) is 4.61. The summed E-state index contributed by atoms with van der Waals surface area (Å²) in [6, 6.07) is 13.2. The summed E-state index contributed by atoms with van der Waals surface area (Å²) in [6.45, 7) is 4.49. The lowest BCUT2D eigenvalue weighted by molar-refractivity contribution is 0.0950. The Labute approximate surface area is 157 Å². The van der Waals surface area contributed by atoms with E-state index in [0.717, 1.165) is 52.1 Å². The van der Waals surface area contributed by atoms with E-state index in [2.05, 4.69) is 34.1 Å². The van der Waals surface area contributed by atoms with Crippen molar-refractivity contribution in [3.8, 4) is 0 Å². The first kappa shape index (κ1) is 17.1. The zero-order valence-electron chi connectivity index (χ0n) is 15.4. The molecule has 2 aromatic carbocycles. The zero-order chi connectivity index (χ0) is 18.8. The second kappa shape index (κ2) is 7.15. The van der Waals surface area contributed by atoms with Gasteiger partial charge in [-0.1, -0.05) is 26.0 Å². The Balaban J connectivity index is 1.54. The van der Waals surface area contributed by atoms with Gasteiger partial charge < -0.3 is 10.3 Å². The third-order valence-electron chi connectivity index (χ3n) is 4.61. The number of carbonyl (C=O) groups excluding carboxylic acids is 1. The zero-order valence-corrected chi connectivity index (χ0v) is 15.4. The fraction of sp³-hybridized carbons (Fsp3) is 0.238. The Kier molecular flexibility index (Phi) is 4.54. The molecule has 0 saturated heterocycles. The molecule has 0 atom stereocenters. The number of aryl methyl sites for hydroxylation is 2. The van der Waals surface area contributed by atoms with E-state index >= 15 is 0 Å². The van der Waals surface area contributed by atoms with E-state index in [1.807, 2.05) is 30.3 Å². The highest BCUT2D eigenvalue weighted by atomic mass is 16.1. The summed E-state index contributed by atoms with van der Waals surface area (Å²) in [4.78, 5) is 29.6. The molecule has 0 spiro atoms. The summed E-state index contributed by atoms with van der Waals surface area (Å²) in [5, 5.41) is 2.91. The van der Waals surface area contributed by atoms with Gasteiger partial charge in [0, 0.05) is 5.56 Å². The molecular weight excluding hydrogens is 338 g/mol. The minimum absolute atomic E-state index is 0.156. The van der Waals surface area contributed by atoms with Crippen molar-refractivity contribution in [2.45, 2.75) is 33.2 Å². The first-order valence-corrected chi connectivity index (χ1v) is 9.19. The van der Waals surface area contributed by atoms with Crippen molar-refractivity contribution in [2.24, 2.45) is 0 Å². The van der Waals surface area contributed by atoms with Crippen LogP contribution in [0.5, 0.6) is 0 Å². The lowest BCUT2D eigenvalue weighted by Gasteiger charge is -2.08. The van der Waals surface area contributed by atoms with Crippen LogP contribution in [0.4, 0.5) is 0 Å². The third kappa shape index (κ3) is 3.38. The van der Waals surface area contributed by atoms with Crippen LogP contribution in [0.2, 0.25) is 0 Å². The summed E-state index contributed by atoms with van der Waals surface area (Å²) < 4.78 is 0. The number of imidazole rings is 1. The predicted molar refractivity (Wildman–Crippen MR) is 106 cm³/mol. The van der Waals surface area contributed by atoms with Crippen LogP contribution < -0.4 is 5.32 Å². The number of fused-ring (bicyclic) bond motifs is 2. The molecule has 0 saturated carbocycles. The van der Waals surface area contributed by atoms with Crippen LogP contribution in [0.1, 0.15) is 41.4 Å². The number of aromatic nitrogens is 4. The van der Waals surface area contributed by atoms with E-state index in [0.29, 0.717) is 12.1 Å². The van der Waals surface area contributed by atoms with Gasteiger partial charge in [0.25, 0.3) is 5.91 Å². The van der Waals surface area contributed by atoms with Crippen LogP contribution in [-0.4, -0.2) is 25.8 Å².